The van der Waals surface area contributed by atoms with Gasteiger partial charge in [-0.15, -0.1) is 0 Å². The highest BCUT2D eigenvalue weighted by Gasteiger charge is 2.48. The van der Waals surface area contributed by atoms with Gasteiger partial charge >= 0.3 is 0 Å². The Morgan fingerprint density at radius 2 is 1.73 bits per heavy atom. The molecule has 1 aliphatic heterocycles. The SMILES string of the molecule is Cc1ccc(S(=O)(=O)Nc2ccc3c(c2)C2(CCCC2)C(=O)N3)cc1C. The number of hydrogen-bond acceptors (Lipinski definition) is 3. The van der Waals surface area contributed by atoms with Crippen molar-refractivity contribution in [3.05, 3.63) is 53.1 Å². The number of rotatable bonds is 3. The second kappa shape index (κ2) is 5.84. The van der Waals surface area contributed by atoms with Gasteiger partial charge in [-0.05, 0) is 73.7 Å². The van der Waals surface area contributed by atoms with Gasteiger partial charge in [0.05, 0.1) is 10.3 Å². The van der Waals surface area contributed by atoms with E-state index in [0.29, 0.717) is 5.69 Å². The minimum atomic E-state index is -3.67. The highest BCUT2D eigenvalue weighted by molar-refractivity contribution is 7.92. The zero-order valence-corrected chi connectivity index (χ0v) is 15.7. The van der Waals surface area contributed by atoms with Crippen LogP contribution in [0.5, 0.6) is 0 Å². The summed E-state index contributed by atoms with van der Waals surface area (Å²) in [6.07, 6.45) is 3.68. The van der Waals surface area contributed by atoms with Crippen LogP contribution in [-0.2, 0) is 20.2 Å². The topological polar surface area (TPSA) is 75.3 Å². The van der Waals surface area contributed by atoms with Crippen LogP contribution in [0.15, 0.2) is 41.3 Å². The molecule has 2 aromatic rings. The highest BCUT2D eigenvalue weighted by atomic mass is 32.2. The van der Waals surface area contributed by atoms with Crippen LogP contribution in [0.25, 0.3) is 0 Å². The average Bonchev–Trinajstić information content (AvgIpc) is 3.18. The van der Waals surface area contributed by atoms with E-state index in [4.69, 9.17) is 0 Å². The largest absolute Gasteiger partial charge is 0.325 e. The molecule has 1 spiro atoms. The van der Waals surface area contributed by atoms with Gasteiger partial charge in [0.15, 0.2) is 0 Å². The van der Waals surface area contributed by atoms with Crippen LogP contribution >= 0.6 is 0 Å². The summed E-state index contributed by atoms with van der Waals surface area (Å²) >= 11 is 0. The van der Waals surface area contributed by atoms with E-state index in [2.05, 4.69) is 10.0 Å². The number of amides is 1. The van der Waals surface area contributed by atoms with Crippen molar-refractivity contribution in [1.29, 1.82) is 0 Å². The van der Waals surface area contributed by atoms with Gasteiger partial charge in [0.25, 0.3) is 10.0 Å². The van der Waals surface area contributed by atoms with Gasteiger partial charge in [-0.25, -0.2) is 8.42 Å². The quantitative estimate of drug-likeness (QED) is 0.861. The maximum Gasteiger partial charge on any atom is 0.261 e. The Balaban J connectivity index is 1.69. The van der Waals surface area contributed by atoms with Gasteiger partial charge in [-0.2, -0.15) is 0 Å². The molecule has 0 aromatic heterocycles. The molecule has 0 radical (unpaired) electrons. The molecule has 1 fully saturated rings. The summed E-state index contributed by atoms with van der Waals surface area (Å²) in [5, 5.41) is 2.95. The smallest absolute Gasteiger partial charge is 0.261 e. The molecule has 0 atom stereocenters. The molecule has 4 rings (SSSR count). The van der Waals surface area contributed by atoms with Crippen LogP contribution in [0, 0.1) is 13.8 Å². The monoisotopic (exact) mass is 370 g/mol. The number of carbonyl (C=O) groups excluding carboxylic acids is 1. The van der Waals surface area contributed by atoms with Crippen LogP contribution < -0.4 is 10.0 Å². The van der Waals surface area contributed by atoms with Crippen molar-refractivity contribution in [2.24, 2.45) is 0 Å². The fourth-order valence-electron chi connectivity index (χ4n) is 4.05. The van der Waals surface area contributed by atoms with Crippen molar-refractivity contribution in [3.8, 4) is 0 Å². The summed E-state index contributed by atoms with van der Waals surface area (Å²) in [4.78, 5) is 12.7. The first-order valence-corrected chi connectivity index (χ1v) is 10.4. The fourth-order valence-corrected chi connectivity index (χ4v) is 5.18. The van der Waals surface area contributed by atoms with E-state index in [-0.39, 0.29) is 10.8 Å². The van der Waals surface area contributed by atoms with Gasteiger partial charge < -0.3 is 5.32 Å². The summed E-state index contributed by atoms with van der Waals surface area (Å²) in [6, 6.07) is 10.4. The Labute approximate surface area is 153 Å². The maximum atomic E-state index is 12.7. The normalized spacial score (nSPS) is 18.0. The Kier molecular flexibility index (Phi) is 3.84. The van der Waals surface area contributed by atoms with Crippen molar-refractivity contribution in [2.45, 2.75) is 49.8 Å². The number of nitrogens with one attached hydrogen (secondary N) is 2. The lowest BCUT2D eigenvalue weighted by Crippen LogP contribution is -2.31. The van der Waals surface area contributed by atoms with Gasteiger partial charge in [-0.3, -0.25) is 9.52 Å². The zero-order valence-electron chi connectivity index (χ0n) is 14.9. The summed E-state index contributed by atoms with van der Waals surface area (Å²) in [7, 11) is -3.67. The van der Waals surface area contributed by atoms with Crippen LogP contribution in [0.1, 0.15) is 42.4 Å². The number of anilines is 2. The Morgan fingerprint density at radius 1 is 1.00 bits per heavy atom. The number of sulfonamides is 1. The molecular formula is C20H22N2O3S. The van der Waals surface area contributed by atoms with E-state index in [9.17, 15) is 13.2 Å². The first-order valence-electron chi connectivity index (χ1n) is 8.88. The standard InChI is InChI=1S/C20H22N2O3S/c1-13-5-7-16(11-14(13)2)26(24,25)22-15-6-8-18-17(12-15)20(19(23)21-18)9-3-4-10-20/h5-8,11-12,22H,3-4,9-10H2,1-2H3,(H,21,23). The van der Waals surface area contributed by atoms with Crippen LogP contribution in [0.3, 0.4) is 0 Å². The predicted molar refractivity (Wildman–Crippen MR) is 102 cm³/mol. The Bertz CT molecular complexity index is 1010. The minimum Gasteiger partial charge on any atom is -0.325 e. The molecule has 136 valence electrons. The fraction of sp³-hybridized carbons (Fsp3) is 0.350. The zero-order chi connectivity index (χ0) is 18.5. The van der Waals surface area contributed by atoms with Crippen molar-refractivity contribution in [1.82, 2.24) is 0 Å². The Hall–Kier alpha value is -2.34. The molecule has 1 aliphatic carbocycles. The van der Waals surface area contributed by atoms with Crippen molar-refractivity contribution in [2.75, 3.05) is 10.0 Å². The third kappa shape index (κ3) is 2.60. The van der Waals surface area contributed by atoms with Gasteiger partial charge in [0.2, 0.25) is 5.91 Å². The van der Waals surface area contributed by atoms with Crippen LogP contribution in [-0.4, -0.2) is 14.3 Å². The summed E-state index contributed by atoms with van der Waals surface area (Å²) in [5.74, 6) is 0.0409. The maximum absolute atomic E-state index is 12.7. The summed E-state index contributed by atoms with van der Waals surface area (Å²) in [5.41, 5.74) is 3.70. The third-order valence-electron chi connectivity index (χ3n) is 5.72. The first-order chi connectivity index (χ1) is 12.3. The molecular weight excluding hydrogens is 348 g/mol. The lowest BCUT2D eigenvalue weighted by Gasteiger charge is -2.21. The second-order valence-electron chi connectivity index (χ2n) is 7.36. The third-order valence-corrected chi connectivity index (χ3v) is 7.09. The highest BCUT2D eigenvalue weighted by Crippen LogP contribution is 2.49. The van der Waals surface area contributed by atoms with Gasteiger partial charge in [0, 0.05) is 11.4 Å². The van der Waals surface area contributed by atoms with E-state index < -0.39 is 15.4 Å². The lowest BCUT2D eigenvalue weighted by atomic mass is 9.80. The molecule has 2 N–H and O–H groups in total. The number of hydrogen-bond donors (Lipinski definition) is 2. The van der Waals surface area contributed by atoms with E-state index in [1.54, 1.807) is 24.3 Å². The van der Waals surface area contributed by atoms with E-state index in [1.165, 1.54) is 0 Å². The molecule has 5 nitrogen and oxygen atoms in total. The molecule has 0 unspecified atom stereocenters. The predicted octanol–water partition coefficient (Wildman–Crippen LogP) is 3.87. The summed E-state index contributed by atoms with van der Waals surface area (Å²) in [6.45, 7) is 3.84. The van der Waals surface area contributed by atoms with Crippen molar-refractivity contribution >= 4 is 27.3 Å². The molecule has 1 saturated carbocycles. The van der Waals surface area contributed by atoms with Gasteiger partial charge in [-0.1, -0.05) is 18.9 Å². The number of benzene rings is 2. The first kappa shape index (κ1) is 17.1. The Morgan fingerprint density at radius 3 is 2.42 bits per heavy atom. The molecule has 0 bridgehead atoms. The lowest BCUT2D eigenvalue weighted by molar-refractivity contribution is -0.120. The van der Waals surface area contributed by atoms with Gasteiger partial charge in [0.1, 0.15) is 0 Å². The van der Waals surface area contributed by atoms with Crippen molar-refractivity contribution in [3.63, 3.8) is 0 Å². The molecule has 0 saturated heterocycles. The summed E-state index contributed by atoms with van der Waals surface area (Å²) < 4.78 is 28.2. The van der Waals surface area contributed by atoms with E-state index in [1.807, 2.05) is 26.0 Å². The molecule has 2 aromatic carbocycles. The second-order valence-corrected chi connectivity index (χ2v) is 9.04. The van der Waals surface area contributed by atoms with E-state index in [0.717, 1.165) is 48.1 Å². The van der Waals surface area contributed by atoms with E-state index >= 15 is 0 Å². The number of fused-ring (bicyclic) bond motifs is 2. The molecule has 1 heterocycles. The van der Waals surface area contributed by atoms with Crippen LogP contribution in [0.2, 0.25) is 0 Å². The molecule has 2 aliphatic rings. The van der Waals surface area contributed by atoms with Crippen LogP contribution in [0.4, 0.5) is 11.4 Å². The minimum absolute atomic E-state index is 0.0409. The molecule has 26 heavy (non-hydrogen) atoms. The number of aryl methyl sites for hydroxylation is 2. The average molecular weight is 370 g/mol. The molecule has 1 amide bonds. The number of carbonyl (C=O) groups is 1. The molecule has 6 heteroatoms. The van der Waals surface area contributed by atoms with Crippen molar-refractivity contribution < 1.29 is 13.2 Å².